The molecule has 2 aromatic carbocycles. The molecule has 6 heteroatoms. The number of carbonyl (C=O) groups is 1. The van der Waals surface area contributed by atoms with E-state index in [4.69, 9.17) is 16.3 Å². The van der Waals surface area contributed by atoms with Crippen LogP contribution in [-0.4, -0.2) is 16.5 Å². The van der Waals surface area contributed by atoms with Gasteiger partial charge in [-0.3, -0.25) is 9.59 Å². The van der Waals surface area contributed by atoms with Gasteiger partial charge in [-0.25, -0.2) is 0 Å². The SMILES string of the molecule is Cc1c(C)c2ccc(NC(=O)C(C)(C)Oc3ccc(Cl)cc3)cc2[nH]c1=O. The fourth-order valence-corrected chi connectivity index (χ4v) is 2.89. The van der Waals surface area contributed by atoms with E-state index in [9.17, 15) is 9.59 Å². The fraction of sp³-hybridized carbons (Fsp3) is 0.238. The van der Waals surface area contributed by atoms with Crippen LogP contribution in [0.25, 0.3) is 10.9 Å². The molecule has 0 aliphatic rings. The highest BCUT2D eigenvalue weighted by Crippen LogP contribution is 2.24. The van der Waals surface area contributed by atoms with Crippen LogP contribution in [-0.2, 0) is 4.79 Å². The lowest BCUT2D eigenvalue weighted by Gasteiger charge is -2.25. The van der Waals surface area contributed by atoms with Crippen molar-refractivity contribution in [3.63, 3.8) is 0 Å². The minimum absolute atomic E-state index is 0.130. The fourth-order valence-electron chi connectivity index (χ4n) is 2.77. The maximum atomic E-state index is 12.7. The van der Waals surface area contributed by atoms with E-state index in [1.54, 1.807) is 51.1 Å². The predicted octanol–water partition coefficient (Wildman–Crippen LogP) is 4.59. The van der Waals surface area contributed by atoms with Crippen molar-refractivity contribution in [1.29, 1.82) is 0 Å². The van der Waals surface area contributed by atoms with Crippen molar-refractivity contribution in [3.8, 4) is 5.75 Å². The lowest BCUT2D eigenvalue weighted by Crippen LogP contribution is -2.42. The second-order valence-corrected chi connectivity index (χ2v) is 7.42. The third-order valence-electron chi connectivity index (χ3n) is 4.57. The first-order valence-corrected chi connectivity index (χ1v) is 8.94. The summed E-state index contributed by atoms with van der Waals surface area (Å²) in [6, 6.07) is 12.3. The van der Waals surface area contributed by atoms with Gasteiger partial charge in [0.1, 0.15) is 5.75 Å². The van der Waals surface area contributed by atoms with E-state index >= 15 is 0 Å². The number of aromatic nitrogens is 1. The minimum Gasteiger partial charge on any atom is -0.478 e. The molecule has 0 saturated carbocycles. The van der Waals surface area contributed by atoms with Crippen molar-refractivity contribution >= 4 is 34.1 Å². The van der Waals surface area contributed by atoms with Gasteiger partial charge in [0, 0.05) is 21.7 Å². The number of nitrogens with one attached hydrogen (secondary N) is 2. The third-order valence-corrected chi connectivity index (χ3v) is 4.82. The Hall–Kier alpha value is -2.79. The van der Waals surface area contributed by atoms with Crippen LogP contribution in [0.1, 0.15) is 25.0 Å². The number of amides is 1. The molecule has 0 saturated heterocycles. The van der Waals surface area contributed by atoms with E-state index in [1.807, 2.05) is 19.1 Å². The lowest BCUT2D eigenvalue weighted by molar-refractivity contribution is -0.128. The van der Waals surface area contributed by atoms with Gasteiger partial charge in [-0.15, -0.1) is 0 Å². The molecule has 27 heavy (non-hydrogen) atoms. The molecule has 0 unspecified atom stereocenters. The number of halogens is 1. The topological polar surface area (TPSA) is 71.2 Å². The molecule has 0 radical (unpaired) electrons. The summed E-state index contributed by atoms with van der Waals surface area (Å²) in [6.45, 7) is 7.08. The van der Waals surface area contributed by atoms with E-state index in [-0.39, 0.29) is 11.5 Å². The molecule has 0 atom stereocenters. The van der Waals surface area contributed by atoms with Crippen molar-refractivity contribution < 1.29 is 9.53 Å². The van der Waals surface area contributed by atoms with Crippen LogP contribution in [0.4, 0.5) is 5.69 Å². The Bertz CT molecular complexity index is 1070. The van der Waals surface area contributed by atoms with E-state index in [2.05, 4.69) is 10.3 Å². The number of aryl methyl sites for hydroxylation is 1. The first-order chi connectivity index (χ1) is 12.7. The van der Waals surface area contributed by atoms with Crippen LogP contribution in [0.5, 0.6) is 5.75 Å². The van der Waals surface area contributed by atoms with E-state index in [0.29, 0.717) is 27.5 Å². The highest BCUT2D eigenvalue weighted by molar-refractivity contribution is 6.30. The number of ether oxygens (including phenoxy) is 1. The van der Waals surface area contributed by atoms with Crippen molar-refractivity contribution in [3.05, 3.63) is 69.0 Å². The summed E-state index contributed by atoms with van der Waals surface area (Å²) < 4.78 is 5.80. The van der Waals surface area contributed by atoms with E-state index in [1.165, 1.54) is 0 Å². The van der Waals surface area contributed by atoms with Gasteiger partial charge < -0.3 is 15.0 Å². The summed E-state index contributed by atoms with van der Waals surface area (Å²) in [7, 11) is 0. The lowest BCUT2D eigenvalue weighted by atomic mass is 10.0. The highest BCUT2D eigenvalue weighted by Gasteiger charge is 2.30. The molecule has 0 fully saturated rings. The first-order valence-electron chi connectivity index (χ1n) is 8.56. The van der Waals surface area contributed by atoms with Gasteiger partial charge in [-0.1, -0.05) is 17.7 Å². The Kier molecular flexibility index (Phi) is 4.98. The Morgan fingerprint density at radius 1 is 1.07 bits per heavy atom. The maximum Gasteiger partial charge on any atom is 0.267 e. The first kappa shape index (κ1) is 19.0. The Morgan fingerprint density at radius 2 is 1.74 bits per heavy atom. The van der Waals surface area contributed by atoms with E-state index < -0.39 is 5.60 Å². The minimum atomic E-state index is -1.10. The van der Waals surface area contributed by atoms with Gasteiger partial charge in [0.2, 0.25) is 0 Å². The number of hydrogen-bond acceptors (Lipinski definition) is 3. The summed E-state index contributed by atoms with van der Waals surface area (Å²) >= 11 is 5.87. The number of fused-ring (bicyclic) bond motifs is 1. The smallest absolute Gasteiger partial charge is 0.267 e. The second kappa shape index (κ2) is 7.08. The molecule has 1 amide bonds. The van der Waals surface area contributed by atoms with Crippen LogP contribution in [0, 0.1) is 13.8 Å². The highest BCUT2D eigenvalue weighted by atomic mass is 35.5. The van der Waals surface area contributed by atoms with Crippen molar-refractivity contribution in [1.82, 2.24) is 4.98 Å². The quantitative estimate of drug-likeness (QED) is 0.690. The summed E-state index contributed by atoms with van der Waals surface area (Å²) in [5.74, 6) is 0.247. The molecule has 0 bridgehead atoms. The second-order valence-electron chi connectivity index (χ2n) is 6.98. The Balaban J connectivity index is 1.83. The summed E-state index contributed by atoms with van der Waals surface area (Å²) in [5, 5.41) is 4.39. The Morgan fingerprint density at radius 3 is 2.41 bits per heavy atom. The van der Waals surface area contributed by atoms with Crippen LogP contribution in [0.2, 0.25) is 5.02 Å². The van der Waals surface area contributed by atoms with Crippen LogP contribution >= 0.6 is 11.6 Å². The monoisotopic (exact) mass is 384 g/mol. The zero-order chi connectivity index (χ0) is 19.8. The van der Waals surface area contributed by atoms with Crippen LogP contribution in [0.15, 0.2) is 47.3 Å². The Labute approximate surface area is 162 Å². The normalized spacial score (nSPS) is 11.4. The molecule has 5 nitrogen and oxygen atoms in total. The summed E-state index contributed by atoms with van der Waals surface area (Å²) in [5.41, 5.74) is 1.65. The van der Waals surface area contributed by atoms with Crippen LogP contribution < -0.4 is 15.6 Å². The molecule has 1 heterocycles. The molecular weight excluding hydrogens is 364 g/mol. The molecule has 3 rings (SSSR count). The van der Waals surface area contributed by atoms with Gasteiger partial charge in [0.25, 0.3) is 11.5 Å². The number of pyridine rings is 1. The van der Waals surface area contributed by atoms with Crippen molar-refractivity contribution in [2.45, 2.75) is 33.3 Å². The molecular formula is C21H21ClN2O3. The molecule has 0 spiro atoms. The molecule has 140 valence electrons. The molecule has 0 aliphatic heterocycles. The third kappa shape index (κ3) is 3.98. The number of hydrogen-bond donors (Lipinski definition) is 2. The standard InChI is InChI=1S/C21H21ClN2O3/c1-12-13(2)19(25)24-18-11-15(7-10-17(12)18)23-20(26)21(3,4)27-16-8-5-14(22)6-9-16/h5-11H,1-4H3,(H,23,26)(H,24,25). The number of anilines is 1. The molecule has 2 N–H and O–H groups in total. The van der Waals surface area contributed by atoms with Gasteiger partial charge in [-0.2, -0.15) is 0 Å². The summed E-state index contributed by atoms with van der Waals surface area (Å²) in [4.78, 5) is 27.5. The van der Waals surface area contributed by atoms with Crippen molar-refractivity contribution in [2.75, 3.05) is 5.32 Å². The van der Waals surface area contributed by atoms with Gasteiger partial charge in [0.05, 0.1) is 5.52 Å². The molecule has 3 aromatic rings. The number of benzene rings is 2. The van der Waals surface area contributed by atoms with E-state index in [0.717, 1.165) is 10.9 Å². The average molecular weight is 385 g/mol. The van der Waals surface area contributed by atoms with Crippen molar-refractivity contribution in [2.24, 2.45) is 0 Å². The molecule has 1 aromatic heterocycles. The average Bonchev–Trinajstić information content (AvgIpc) is 2.61. The largest absolute Gasteiger partial charge is 0.478 e. The molecule has 0 aliphatic carbocycles. The zero-order valence-corrected chi connectivity index (χ0v) is 16.4. The van der Waals surface area contributed by atoms with Gasteiger partial charge in [0.15, 0.2) is 5.60 Å². The number of aromatic amines is 1. The maximum absolute atomic E-state index is 12.7. The predicted molar refractivity (Wildman–Crippen MR) is 109 cm³/mol. The van der Waals surface area contributed by atoms with Gasteiger partial charge in [-0.05, 0) is 69.7 Å². The number of carbonyl (C=O) groups excluding carboxylic acids is 1. The number of rotatable bonds is 4. The number of H-pyrrole nitrogens is 1. The zero-order valence-electron chi connectivity index (χ0n) is 15.6. The summed E-state index contributed by atoms with van der Waals surface area (Å²) in [6.07, 6.45) is 0. The van der Waals surface area contributed by atoms with Gasteiger partial charge >= 0.3 is 0 Å². The van der Waals surface area contributed by atoms with Crippen LogP contribution in [0.3, 0.4) is 0 Å².